The first-order valence-electron chi connectivity index (χ1n) is 5.06. The van der Waals surface area contributed by atoms with E-state index in [4.69, 9.17) is 0 Å². The van der Waals surface area contributed by atoms with Crippen LogP contribution in [0.25, 0.3) is 5.52 Å². The molecular formula is C11H10BrF3N2. The minimum atomic E-state index is -4.43. The molecule has 92 valence electrons. The lowest BCUT2D eigenvalue weighted by molar-refractivity contribution is -0.142. The zero-order chi connectivity index (χ0) is 12.8. The van der Waals surface area contributed by atoms with Crippen LogP contribution < -0.4 is 0 Å². The van der Waals surface area contributed by atoms with Crippen LogP contribution in [0.2, 0.25) is 0 Å². The van der Waals surface area contributed by atoms with E-state index in [1.54, 1.807) is 32.0 Å². The molecule has 0 bridgehead atoms. The Morgan fingerprint density at radius 2 is 1.94 bits per heavy atom. The number of halogens is 4. The van der Waals surface area contributed by atoms with Gasteiger partial charge in [0.25, 0.3) is 0 Å². The number of rotatable bonds is 1. The Labute approximate surface area is 105 Å². The standard InChI is InChI=1S/C11H10BrF3N2/c1-6(2)9-7-4-3-5-8(12)17(7)16-10(9)11(13,14)15/h3-6H,1-2H3. The summed E-state index contributed by atoms with van der Waals surface area (Å²) in [5.74, 6) is -0.238. The first-order valence-corrected chi connectivity index (χ1v) is 5.86. The van der Waals surface area contributed by atoms with Gasteiger partial charge in [-0.3, -0.25) is 0 Å². The van der Waals surface area contributed by atoms with Crippen LogP contribution in [0, 0.1) is 0 Å². The van der Waals surface area contributed by atoms with E-state index < -0.39 is 11.9 Å². The van der Waals surface area contributed by atoms with Crippen molar-refractivity contribution in [2.24, 2.45) is 0 Å². The predicted octanol–water partition coefficient (Wildman–Crippen LogP) is 4.24. The molecule has 2 heterocycles. The average Bonchev–Trinajstić information content (AvgIpc) is 2.57. The third-order valence-electron chi connectivity index (χ3n) is 2.50. The number of alkyl halides is 3. The second-order valence-electron chi connectivity index (χ2n) is 4.06. The molecule has 0 aliphatic rings. The highest BCUT2D eigenvalue weighted by Gasteiger charge is 2.38. The molecule has 0 N–H and O–H groups in total. The zero-order valence-corrected chi connectivity index (χ0v) is 10.8. The molecular weight excluding hydrogens is 297 g/mol. The number of hydrogen-bond donors (Lipinski definition) is 0. The van der Waals surface area contributed by atoms with Gasteiger partial charge in [0.2, 0.25) is 0 Å². The maximum absolute atomic E-state index is 12.9. The van der Waals surface area contributed by atoms with Gasteiger partial charge in [-0.15, -0.1) is 0 Å². The van der Waals surface area contributed by atoms with E-state index in [-0.39, 0.29) is 11.5 Å². The minimum absolute atomic E-state index is 0.235. The predicted molar refractivity (Wildman–Crippen MR) is 62.0 cm³/mol. The molecule has 17 heavy (non-hydrogen) atoms. The number of pyridine rings is 1. The van der Waals surface area contributed by atoms with Crippen molar-refractivity contribution in [1.82, 2.24) is 9.61 Å². The number of hydrogen-bond acceptors (Lipinski definition) is 1. The molecule has 0 unspecified atom stereocenters. The third kappa shape index (κ3) is 2.06. The third-order valence-corrected chi connectivity index (χ3v) is 3.10. The van der Waals surface area contributed by atoms with Gasteiger partial charge in [-0.2, -0.15) is 18.3 Å². The summed E-state index contributed by atoms with van der Waals surface area (Å²) in [4.78, 5) is 0. The summed E-state index contributed by atoms with van der Waals surface area (Å²) < 4.78 is 40.4. The lowest BCUT2D eigenvalue weighted by atomic mass is 10.0. The molecule has 0 saturated carbocycles. The van der Waals surface area contributed by atoms with Crippen molar-refractivity contribution in [2.45, 2.75) is 25.9 Å². The van der Waals surface area contributed by atoms with Gasteiger partial charge in [0.1, 0.15) is 4.60 Å². The van der Waals surface area contributed by atoms with E-state index in [2.05, 4.69) is 21.0 Å². The molecule has 0 saturated heterocycles. The molecule has 0 radical (unpaired) electrons. The molecule has 2 aromatic rings. The van der Waals surface area contributed by atoms with E-state index in [9.17, 15) is 13.2 Å². The van der Waals surface area contributed by atoms with E-state index in [0.717, 1.165) is 0 Å². The van der Waals surface area contributed by atoms with Gasteiger partial charge in [0, 0.05) is 5.56 Å². The summed E-state index contributed by atoms with van der Waals surface area (Å²) in [6.07, 6.45) is -4.43. The van der Waals surface area contributed by atoms with Crippen LogP contribution in [0.4, 0.5) is 13.2 Å². The molecule has 0 amide bonds. The van der Waals surface area contributed by atoms with Crippen LogP contribution in [0.15, 0.2) is 22.8 Å². The monoisotopic (exact) mass is 306 g/mol. The second-order valence-corrected chi connectivity index (χ2v) is 4.87. The lowest BCUT2D eigenvalue weighted by Crippen LogP contribution is -2.09. The van der Waals surface area contributed by atoms with Crippen molar-refractivity contribution in [1.29, 1.82) is 0 Å². The highest BCUT2D eigenvalue weighted by Crippen LogP contribution is 2.37. The topological polar surface area (TPSA) is 17.3 Å². The van der Waals surface area contributed by atoms with Gasteiger partial charge in [-0.05, 0) is 34.0 Å². The molecule has 0 spiro atoms. The Bertz CT molecular complexity index is 558. The summed E-state index contributed by atoms with van der Waals surface area (Å²) in [6.45, 7) is 3.46. The second kappa shape index (κ2) is 4.01. The van der Waals surface area contributed by atoms with Crippen LogP contribution in [0.3, 0.4) is 0 Å². The maximum atomic E-state index is 12.9. The molecule has 6 heteroatoms. The molecule has 2 aromatic heterocycles. The van der Waals surface area contributed by atoms with Crippen LogP contribution in [0.1, 0.15) is 31.0 Å². The van der Waals surface area contributed by atoms with Gasteiger partial charge < -0.3 is 0 Å². The Kier molecular flexibility index (Phi) is 2.93. The van der Waals surface area contributed by atoms with Crippen LogP contribution in [-0.2, 0) is 6.18 Å². The first-order chi connectivity index (χ1) is 7.82. The number of fused-ring (bicyclic) bond motifs is 1. The minimum Gasteiger partial charge on any atom is -0.226 e. The first kappa shape index (κ1) is 12.4. The van der Waals surface area contributed by atoms with Gasteiger partial charge in [0.05, 0.1) is 5.52 Å². The van der Waals surface area contributed by atoms with Crippen molar-refractivity contribution in [3.05, 3.63) is 34.1 Å². The zero-order valence-electron chi connectivity index (χ0n) is 9.22. The summed E-state index contributed by atoms with van der Waals surface area (Å²) in [5, 5.41) is 3.65. The quantitative estimate of drug-likeness (QED) is 0.720. The van der Waals surface area contributed by atoms with E-state index >= 15 is 0 Å². The molecule has 2 nitrogen and oxygen atoms in total. The molecule has 0 aromatic carbocycles. The average molecular weight is 307 g/mol. The van der Waals surface area contributed by atoms with Crippen LogP contribution in [-0.4, -0.2) is 9.61 Å². The largest absolute Gasteiger partial charge is 0.435 e. The highest BCUT2D eigenvalue weighted by atomic mass is 79.9. The van der Waals surface area contributed by atoms with Crippen molar-refractivity contribution in [3.8, 4) is 0 Å². The normalized spacial score (nSPS) is 12.6. The van der Waals surface area contributed by atoms with Crippen LogP contribution >= 0.6 is 15.9 Å². The fourth-order valence-corrected chi connectivity index (χ4v) is 2.26. The van der Waals surface area contributed by atoms with E-state index in [0.29, 0.717) is 10.1 Å². The summed E-state index contributed by atoms with van der Waals surface area (Å²) in [7, 11) is 0. The molecule has 0 aliphatic carbocycles. The highest BCUT2D eigenvalue weighted by molar-refractivity contribution is 9.10. The van der Waals surface area contributed by atoms with Crippen molar-refractivity contribution < 1.29 is 13.2 Å². The molecule has 0 fully saturated rings. The Morgan fingerprint density at radius 3 is 2.47 bits per heavy atom. The van der Waals surface area contributed by atoms with Gasteiger partial charge in [0.15, 0.2) is 5.69 Å². The molecule has 0 aliphatic heterocycles. The molecule has 0 atom stereocenters. The fourth-order valence-electron chi connectivity index (χ4n) is 1.83. The molecule has 2 rings (SSSR count). The van der Waals surface area contributed by atoms with Gasteiger partial charge in [-0.25, -0.2) is 4.52 Å². The van der Waals surface area contributed by atoms with Gasteiger partial charge in [-0.1, -0.05) is 19.9 Å². The Balaban J connectivity index is 2.85. The van der Waals surface area contributed by atoms with E-state index in [1.807, 2.05) is 0 Å². The van der Waals surface area contributed by atoms with Gasteiger partial charge >= 0.3 is 6.18 Å². The van der Waals surface area contributed by atoms with E-state index in [1.165, 1.54) is 4.52 Å². The summed E-state index contributed by atoms with van der Waals surface area (Å²) in [5.41, 5.74) is -0.0834. The number of nitrogens with zero attached hydrogens (tertiary/aromatic N) is 2. The smallest absolute Gasteiger partial charge is 0.226 e. The Hall–Kier alpha value is -1.04. The van der Waals surface area contributed by atoms with Crippen molar-refractivity contribution in [2.75, 3.05) is 0 Å². The summed E-state index contributed by atoms with van der Waals surface area (Å²) >= 11 is 3.19. The number of aromatic nitrogens is 2. The Morgan fingerprint density at radius 1 is 1.29 bits per heavy atom. The SMILES string of the molecule is CC(C)c1c(C(F)(F)F)nn2c(Br)cccc12. The lowest BCUT2D eigenvalue weighted by Gasteiger charge is -2.08. The summed E-state index contributed by atoms with van der Waals surface area (Å²) in [6, 6.07) is 5.00. The maximum Gasteiger partial charge on any atom is 0.435 e. The van der Waals surface area contributed by atoms with Crippen molar-refractivity contribution in [3.63, 3.8) is 0 Å². The van der Waals surface area contributed by atoms with Crippen LogP contribution in [0.5, 0.6) is 0 Å². The fraction of sp³-hybridized carbons (Fsp3) is 0.364. The van der Waals surface area contributed by atoms with Crippen molar-refractivity contribution >= 4 is 21.4 Å².